The first-order chi connectivity index (χ1) is 14.3. The molecule has 0 heterocycles. The molecule has 3 aromatic rings. The SMILES string of the molecule is Cc1cc(-c2cccc(Cl)c2)ccc1NC(=O)CS(=O)(=O)CCCc1ccccc1. The number of carbonyl (C=O) groups is 1. The molecule has 0 fully saturated rings. The minimum absolute atomic E-state index is 0.0119. The first kappa shape index (κ1) is 22.1. The smallest absolute Gasteiger partial charge is 0.239 e. The molecule has 0 saturated carbocycles. The fourth-order valence-corrected chi connectivity index (χ4v) is 4.64. The lowest BCUT2D eigenvalue weighted by atomic mass is 10.0. The van der Waals surface area contributed by atoms with Crippen molar-refractivity contribution in [2.75, 3.05) is 16.8 Å². The second kappa shape index (κ2) is 9.92. The van der Waals surface area contributed by atoms with E-state index in [1.165, 1.54) is 0 Å². The van der Waals surface area contributed by atoms with Gasteiger partial charge >= 0.3 is 0 Å². The molecule has 0 aromatic heterocycles. The summed E-state index contributed by atoms with van der Waals surface area (Å²) in [5.41, 5.74) is 4.49. The number of sulfone groups is 1. The third kappa shape index (κ3) is 6.44. The number of anilines is 1. The van der Waals surface area contributed by atoms with Crippen LogP contribution in [0.2, 0.25) is 5.02 Å². The highest BCUT2D eigenvalue weighted by Gasteiger charge is 2.17. The van der Waals surface area contributed by atoms with Gasteiger partial charge in [0, 0.05) is 10.7 Å². The molecule has 4 nitrogen and oxygen atoms in total. The molecular formula is C24H24ClNO3S. The Hall–Kier alpha value is -2.63. The molecule has 0 bridgehead atoms. The maximum Gasteiger partial charge on any atom is 0.239 e. The summed E-state index contributed by atoms with van der Waals surface area (Å²) in [5.74, 6) is -1.05. The molecule has 0 radical (unpaired) electrons. The number of carbonyl (C=O) groups excluding carboxylic acids is 1. The standard InChI is InChI=1S/C24H24ClNO3S/c1-18-15-21(20-10-5-11-22(25)16-20)12-13-23(18)26-24(27)17-30(28,29)14-6-9-19-7-3-2-4-8-19/h2-5,7-8,10-13,15-16H,6,9,14,17H2,1H3,(H,26,27). The molecule has 3 aromatic carbocycles. The van der Waals surface area contributed by atoms with Gasteiger partial charge in [-0.05, 0) is 66.3 Å². The number of nitrogens with one attached hydrogen (secondary N) is 1. The van der Waals surface area contributed by atoms with Crippen LogP contribution >= 0.6 is 11.6 Å². The van der Waals surface area contributed by atoms with Crippen molar-refractivity contribution in [2.45, 2.75) is 19.8 Å². The van der Waals surface area contributed by atoms with Crippen LogP contribution in [0.1, 0.15) is 17.5 Å². The van der Waals surface area contributed by atoms with Crippen molar-refractivity contribution in [3.63, 3.8) is 0 Å². The molecule has 1 N–H and O–H groups in total. The van der Waals surface area contributed by atoms with E-state index in [4.69, 9.17) is 11.6 Å². The maximum atomic E-state index is 12.3. The molecule has 6 heteroatoms. The van der Waals surface area contributed by atoms with Crippen LogP contribution in [0.5, 0.6) is 0 Å². The normalized spacial score (nSPS) is 11.3. The largest absolute Gasteiger partial charge is 0.325 e. The molecule has 0 atom stereocenters. The van der Waals surface area contributed by atoms with Crippen molar-refractivity contribution in [3.8, 4) is 11.1 Å². The quantitative estimate of drug-likeness (QED) is 0.515. The van der Waals surface area contributed by atoms with Gasteiger partial charge in [0.15, 0.2) is 9.84 Å². The lowest BCUT2D eigenvalue weighted by molar-refractivity contribution is -0.113. The van der Waals surface area contributed by atoms with Crippen molar-refractivity contribution in [3.05, 3.63) is 88.9 Å². The van der Waals surface area contributed by atoms with E-state index in [-0.39, 0.29) is 5.75 Å². The Labute approximate surface area is 182 Å². The van der Waals surface area contributed by atoms with E-state index in [0.29, 0.717) is 23.6 Å². The van der Waals surface area contributed by atoms with Gasteiger partial charge in [0.2, 0.25) is 5.91 Å². The molecule has 30 heavy (non-hydrogen) atoms. The van der Waals surface area contributed by atoms with Gasteiger partial charge in [0.1, 0.15) is 5.75 Å². The molecule has 1 amide bonds. The van der Waals surface area contributed by atoms with E-state index >= 15 is 0 Å². The average Bonchev–Trinajstić information content (AvgIpc) is 2.70. The van der Waals surface area contributed by atoms with Crippen molar-refractivity contribution in [2.24, 2.45) is 0 Å². The van der Waals surface area contributed by atoms with Gasteiger partial charge in [-0.15, -0.1) is 0 Å². The third-order valence-electron chi connectivity index (χ3n) is 4.77. The van der Waals surface area contributed by atoms with Crippen LogP contribution in [-0.2, 0) is 21.1 Å². The fourth-order valence-electron chi connectivity index (χ4n) is 3.25. The zero-order valence-corrected chi connectivity index (χ0v) is 18.3. The van der Waals surface area contributed by atoms with Crippen LogP contribution in [0.3, 0.4) is 0 Å². The summed E-state index contributed by atoms with van der Waals surface area (Å²) in [7, 11) is -3.47. The van der Waals surface area contributed by atoms with Crippen molar-refractivity contribution >= 4 is 33.0 Å². The number of hydrogen-bond donors (Lipinski definition) is 1. The van der Waals surface area contributed by atoms with Gasteiger partial charge in [-0.3, -0.25) is 4.79 Å². The highest BCUT2D eigenvalue weighted by Crippen LogP contribution is 2.26. The Kier molecular flexibility index (Phi) is 7.29. The van der Waals surface area contributed by atoms with Gasteiger partial charge in [-0.1, -0.05) is 60.1 Å². The predicted molar refractivity (Wildman–Crippen MR) is 124 cm³/mol. The molecule has 0 aliphatic rings. The van der Waals surface area contributed by atoms with E-state index in [1.54, 1.807) is 6.07 Å². The van der Waals surface area contributed by atoms with Crippen LogP contribution in [-0.4, -0.2) is 25.8 Å². The Morgan fingerprint density at radius 1 is 0.933 bits per heavy atom. The first-order valence-electron chi connectivity index (χ1n) is 9.73. The number of aryl methyl sites for hydroxylation is 2. The van der Waals surface area contributed by atoms with Crippen LogP contribution in [0.4, 0.5) is 5.69 Å². The first-order valence-corrected chi connectivity index (χ1v) is 11.9. The lowest BCUT2D eigenvalue weighted by Gasteiger charge is -2.11. The van der Waals surface area contributed by atoms with E-state index in [9.17, 15) is 13.2 Å². The van der Waals surface area contributed by atoms with Gasteiger partial charge in [-0.25, -0.2) is 8.42 Å². The summed E-state index contributed by atoms with van der Waals surface area (Å²) in [6.07, 6.45) is 1.17. The van der Waals surface area contributed by atoms with E-state index in [2.05, 4.69) is 5.32 Å². The maximum absolute atomic E-state index is 12.3. The monoisotopic (exact) mass is 441 g/mol. The van der Waals surface area contributed by atoms with Crippen molar-refractivity contribution in [1.29, 1.82) is 0 Å². The molecule has 0 unspecified atom stereocenters. The molecule has 0 aliphatic heterocycles. The van der Waals surface area contributed by atoms with Gasteiger partial charge in [-0.2, -0.15) is 0 Å². The zero-order chi connectivity index (χ0) is 21.6. The van der Waals surface area contributed by atoms with E-state index in [1.807, 2.05) is 73.7 Å². The van der Waals surface area contributed by atoms with Crippen LogP contribution in [0.25, 0.3) is 11.1 Å². The van der Waals surface area contributed by atoms with Crippen molar-refractivity contribution in [1.82, 2.24) is 0 Å². The second-order valence-electron chi connectivity index (χ2n) is 7.27. The Bertz CT molecular complexity index is 1130. The summed E-state index contributed by atoms with van der Waals surface area (Å²) in [6.45, 7) is 1.87. The molecule has 0 spiro atoms. The third-order valence-corrected chi connectivity index (χ3v) is 6.62. The zero-order valence-electron chi connectivity index (χ0n) is 16.8. The predicted octanol–water partition coefficient (Wildman–Crippen LogP) is 5.30. The topological polar surface area (TPSA) is 63.2 Å². The van der Waals surface area contributed by atoms with Gasteiger partial charge < -0.3 is 5.32 Å². The average molecular weight is 442 g/mol. The summed E-state index contributed by atoms with van der Waals surface area (Å²) < 4.78 is 24.6. The molecule has 0 aliphatic carbocycles. The second-order valence-corrected chi connectivity index (χ2v) is 9.89. The summed E-state index contributed by atoms with van der Waals surface area (Å²) in [4.78, 5) is 12.3. The van der Waals surface area contributed by atoms with E-state index in [0.717, 1.165) is 22.3 Å². The fraction of sp³-hybridized carbons (Fsp3) is 0.208. The lowest BCUT2D eigenvalue weighted by Crippen LogP contribution is -2.25. The van der Waals surface area contributed by atoms with Crippen LogP contribution in [0, 0.1) is 6.92 Å². The van der Waals surface area contributed by atoms with Crippen LogP contribution < -0.4 is 5.32 Å². The summed E-state index contributed by atoms with van der Waals surface area (Å²) >= 11 is 6.05. The summed E-state index contributed by atoms with van der Waals surface area (Å²) in [5, 5.41) is 3.37. The minimum Gasteiger partial charge on any atom is -0.325 e. The van der Waals surface area contributed by atoms with Gasteiger partial charge in [0.25, 0.3) is 0 Å². The Balaban J connectivity index is 1.57. The minimum atomic E-state index is -3.47. The molecule has 3 rings (SSSR count). The van der Waals surface area contributed by atoms with Gasteiger partial charge in [0.05, 0.1) is 5.75 Å². The Morgan fingerprint density at radius 2 is 1.67 bits per heavy atom. The number of amides is 1. The molecule has 156 valence electrons. The molecular weight excluding hydrogens is 418 g/mol. The number of hydrogen-bond acceptors (Lipinski definition) is 3. The highest BCUT2D eigenvalue weighted by molar-refractivity contribution is 7.92. The molecule has 0 saturated heterocycles. The number of benzene rings is 3. The summed E-state index contributed by atoms with van der Waals surface area (Å²) in [6, 6.07) is 22.8. The van der Waals surface area contributed by atoms with E-state index < -0.39 is 21.5 Å². The highest BCUT2D eigenvalue weighted by atomic mass is 35.5. The van der Waals surface area contributed by atoms with Crippen molar-refractivity contribution < 1.29 is 13.2 Å². The number of rotatable bonds is 8. The van der Waals surface area contributed by atoms with Crippen LogP contribution in [0.15, 0.2) is 72.8 Å². The Morgan fingerprint density at radius 3 is 2.37 bits per heavy atom. The number of halogens is 1.